The minimum absolute atomic E-state index is 0.166. The van der Waals surface area contributed by atoms with E-state index in [0.29, 0.717) is 18.1 Å². The van der Waals surface area contributed by atoms with E-state index < -0.39 is 6.04 Å². The Morgan fingerprint density at radius 1 is 1.12 bits per heavy atom. The summed E-state index contributed by atoms with van der Waals surface area (Å²) in [5, 5.41) is 2.86. The van der Waals surface area contributed by atoms with Crippen LogP contribution in [-0.4, -0.2) is 19.1 Å². The van der Waals surface area contributed by atoms with E-state index in [1.54, 1.807) is 14.0 Å². The molecule has 0 radical (unpaired) electrons. The molecule has 0 bridgehead atoms. The number of carbonyl (C=O) groups is 1. The SMILES string of the molecule is COc1cc(C(C)NC(=O)[C@@H](C)N)ccc1OCc1ccccc1. The van der Waals surface area contributed by atoms with E-state index in [4.69, 9.17) is 15.2 Å². The molecule has 0 saturated carbocycles. The average molecular weight is 328 g/mol. The Balaban J connectivity index is 2.08. The van der Waals surface area contributed by atoms with Crippen LogP contribution in [0.25, 0.3) is 0 Å². The van der Waals surface area contributed by atoms with Gasteiger partial charge in [-0.2, -0.15) is 0 Å². The molecule has 0 aliphatic heterocycles. The van der Waals surface area contributed by atoms with Crippen LogP contribution in [0.15, 0.2) is 48.5 Å². The summed E-state index contributed by atoms with van der Waals surface area (Å²) in [4.78, 5) is 11.7. The Morgan fingerprint density at radius 2 is 1.83 bits per heavy atom. The molecule has 0 aliphatic carbocycles. The minimum Gasteiger partial charge on any atom is -0.493 e. The Morgan fingerprint density at radius 3 is 2.46 bits per heavy atom. The van der Waals surface area contributed by atoms with Crippen LogP contribution < -0.4 is 20.5 Å². The van der Waals surface area contributed by atoms with Gasteiger partial charge in [-0.3, -0.25) is 4.79 Å². The number of amides is 1. The predicted molar refractivity (Wildman–Crippen MR) is 94.0 cm³/mol. The van der Waals surface area contributed by atoms with Crippen molar-refractivity contribution in [3.05, 3.63) is 59.7 Å². The Hall–Kier alpha value is -2.53. The normalized spacial score (nSPS) is 13.0. The van der Waals surface area contributed by atoms with Crippen molar-refractivity contribution >= 4 is 5.91 Å². The molecule has 1 amide bonds. The average Bonchev–Trinajstić information content (AvgIpc) is 2.60. The lowest BCUT2D eigenvalue weighted by Gasteiger charge is -2.18. The molecular weight excluding hydrogens is 304 g/mol. The van der Waals surface area contributed by atoms with Gasteiger partial charge in [-0.15, -0.1) is 0 Å². The topological polar surface area (TPSA) is 73.6 Å². The van der Waals surface area contributed by atoms with Gasteiger partial charge in [0.25, 0.3) is 0 Å². The maximum atomic E-state index is 11.7. The lowest BCUT2D eigenvalue weighted by atomic mass is 10.1. The number of nitrogens with two attached hydrogens (primary N) is 1. The third-order valence-corrected chi connectivity index (χ3v) is 3.70. The molecule has 0 aliphatic rings. The van der Waals surface area contributed by atoms with Gasteiger partial charge in [-0.25, -0.2) is 0 Å². The number of ether oxygens (including phenoxy) is 2. The molecule has 0 saturated heterocycles. The lowest BCUT2D eigenvalue weighted by Crippen LogP contribution is -2.39. The highest BCUT2D eigenvalue weighted by Gasteiger charge is 2.15. The molecule has 0 heterocycles. The summed E-state index contributed by atoms with van der Waals surface area (Å²) in [5.74, 6) is 1.10. The quantitative estimate of drug-likeness (QED) is 0.820. The van der Waals surface area contributed by atoms with Crippen LogP contribution in [0, 0.1) is 0 Å². The van der Waals surface area contributed by atoms with Crippen LogP contribution in [-0.2, 0) is 11.4 Å². The molecule has 2 aromatic rings. The van der Waals surface area contributed by atoms with E-state index in [1.807, 2.05) is 55.5 Å². The second kappa shape index (κ2) is 8.36. The first kappa shape index (κ1) is 17.8. The van der Waals surface area contributed by atoms with Crippen LogP contribution in [0.1, 0.15) is 31.0 Å². The maximum Gasteiger partial charge on any atom is 0.237 e. The Labute approximate surface area is 142 Å². The van der Waals surface area contributed by atoms with Gasteiger partial charge in [0.2, 0.25) is 5.91 Å². The van der Waals surface area contributed by atoms with Gasteiger partial charge in [0.05, 0.1) is 19.2 Å². The first-order valence-corrected chi connectivity index (χ1v) is 7.92. The van der Waals surface area contributed by atoms with E-state index in [1.165, 1.54) is 0 Å². The molecule has 0 fully saturated rings. The second-order valence-electron chi connectivity index (χ2n) is 5.70. The number of rotatable bonds is 7. The van der Waals surface area contributed by atoms with Crippen LogP contribution in [0.2, 0.25) is 0 Å². The highest BCUT2D eigenvalue weighted by molar-refractivity contribution is 5.81. The molecule has 5 nitrogen and oxygen atoms in total. The van der Waals surface area contributed by atoms with Gasteiger partial charge in [0, 0.05) is 0 Å². The van der Waals surface area contributed by atoms with Crippen LogP contribution >= 0.6 is 0 Å². The molecule has 2 atom stereocenters. The molecule has 2 rings (SSSR count). The first-order chi connectivity index (χ1) is 11.5. The van der Waals surface area contributed by atoms with Crippen molar-refractivity contribution in [2.24, 2.45) is 5.73 Å². The molecule has 5 heteroatoms. The summed E-state index contributed by atoms with van der Waals surface area (Å²) in [6.45, 7) is 4.02. The highest BCUT2D eigenvalue weighted by atomic mass is 16.5. The van der Waals surface area contributed by atoms with E-state index in [9.17, 15) is 4.79 Å². The molecule has 3 N–H and O–H groups in total. The second-order valence-corrected chi connectivity index (χ2v) is 5.70. The molecule has 0 aromatic heterocycles. The van der Waals surface area contributed by atoms with Crippen molar-refractivity contribution in [2.75, 3.05) is 7.11 Å². The minimum atomic E-state index is -0.539. The fourth-order valence-corrected chi connectivity index (χ4v) is 2.24. The number of hydrogen-bond acceptors (Lipinski definition) is 4. The molecular formula is C19H24N2O3. The van der Waals surface area contributed by atoms with Gasteiger partial charge in [-0.05, 0) is 37.1 Å². The van der Waals surface area contributed by atoms with Gasteiger partial charge in [0.15, 0.2) is 11.5 Å². The standard InChI is InChI=1S/C19H24N2O3/c1-13(20)19(22)21-14(2)16-9-10-17(18(11-16)23-3)24-12-15-7-5-4-6-8-15/h4-11,13-14H,12,20H2,1-3H3,(H,21,22)/t13-,14?/m1/s1. The molecule has 128 valence electrons. The van der Waals surface area contributed by atoms with Gasteiger partial charge < -0.3 is 20.5 Å². The third kappa shape index (κ3) is 4.73. The Kier molecular flexibility index (Phi) is 6.21. The predicted octanol–water partition coefficient (Wildman–Crippen LogP) is 2.80. The number of methoxy groups -OCH3 is 1. The highest BCUT2D eigenvalue weighted by Crippen LogP contribution is 2.31. The van der Waals surface area contributed by atoms with Crippen molar-refractivity contribution in [1.29, 1.82) is 0 Å². The largest absolute Gasteiger partial charge is 0.493 e. The number of hydrogen-bond donors (Lipinski definition) is 2. The van der Waals surface area contributed by atoms with Gasteiger partial charge in [-0.1, -0.05) is 36.4 Å². The zero-order valence-electron chi connectivity index (χ0n) is 14.3. The van der Waals surface area contributed by atoms with Crippen molar-refractivity contribution in [3.8, 4) is 11.5 Å². The third-order valence-electron chi connectivity index (χ3n) is 3.70. The van der Waals surface area contributed by atoms with Crippen molar-refractivity contribution in [3.63, 3.8) is 0 Å². The maximum absolute atomic E-state index is 11.7. The summed E-state index contributed by atoms with van der Waals surface area (Å²) in [7, 11) is 1.60. The van der Waals surface area contributed by atoms with E-state index in [-0.39, 0.29) is 11.9 Å². The zero-order chi connectivity index (χ0) is 17.5. The summed E-state index contributed by atoms with van der Waals surface area (Å²) in [5.41, 5.74) is 7.59. The monoisotopic (exact) mass is 328 g/mol. The van der Waals surface area contributed by atoms with Crippen molar-refractivity contribution < 1.29 is 14.3 Å². The number of benzene rings is 2. The number of carbonyl (C=O) groups excluding carboxylic acids is 1. The number of nitrogens with one attached hydrogen (secondary N) is 1. The fourth-order valence-electron chi connectivity index (χ4n) is 2.24. The molecule has 24 heavy (non-hydrogen) atoms. The zero-order valence-corrected chi connectivity index (χ0v) is 14.3. The summed E-state index contributed by atoms with van der Waals surface area (Å²) >= 11 is 0. The van der Waals surface area contributed by atoms with Crippen LogP contribution in [0.5, 0.6) is 11.5 Å². The smallest absolute Gasteiger partial charge is 0.237 e. The summed E-state index contributed by atoms with van der Waals surface area (Å²) in [6, 6.07) is 14.9. The van der Waals surface area contributed by atoms with E-state index >= 15 is 0 Å². The van der Waals surface area contributed by atoms with Crippen LogP contribution in [0.4, 0.5) is 0 Å². The molecule has 0 spiro atoms. The molecule has 1 unspecified atom stereocenters. The van der Waals surface area contributed by atoms with Crippen LogP contribution in [0.3, 0.4) is 0 Å². The fraction of sp³-hybridized carbons (Fsp3) is 0.316. The summed E-state index contributed by atoms with van der Waals surface area (Å²) in [6.07, 6.45) is 0. The first-order valence-electron chi connectivity index (χ1n) is 7.92. The van der Waals surface area contributed by atoms with Crippen molar-refractivity contribution in [2.45, 2.75) is 32.5 Å². The molecule has 2 aromatic carbocycles. The Bertz CT molecular complexity index is 672. The van der Waals surface area contributed by atoms with Crippen molar-refractivity contribution in [1.82, 2.24) is 5.32 Å². The summed E-state index contributed by atoms with van der Waals surface area (Å²) < 4.78 is 11.3. The van der Waals surface area contributed by atoms with E-state index in [2.05, 4.69) is 5.32 Å². The van der Waals surface area contributed by atoms with E-state index in [0.717, 1.165) is 11.1 Å². The van der Waals surface area contributed by atoms with Gasteiger partial charge in [0.1, 0.15) is 6.61 Å². The lowest BCUT2D eigenvalue weighted by molar-refractivity contribution is -0.122. The van der Waals surface area contributed by atoms with Gasteiger partial charge >= 0.3 is 0 Å².